The van der Waals surface area contributed by atoms with Crippen molar-refractivity contribution < 1.29 is 38.0 Å². The van der Waals surface area contributed by atoms with Gasteiger partial charge < -0.3 is 28.4 Å². The van der Waals surface area contributed by atoms with E-state index in [2.05, 4.69) is 86.0 Å². The van der Waals surface area contributed by atoms with E-state index in [1.165, 1.54) is 22.3 Å². The molecule has 53 heavy (non-hydrogen) atoms. The molecular weight excluding hydrogens is 668 g/mol. The first-order valence-electron chi connectivity index (χ1n) is 18.3. The number of fused-ring (bicyclic) bond motifs is 3. The number of rotatable bonds is 22. The second-order valence-electron chi connectivity index (χ2n) is 13.1. The molecule has 278 valence electrons. The lowest BCUT2D eigenvalue weighted by molar-refractivity contribution is -0.140. The first-order valence-corrected chi connectivity index (χ1v) is 18.3. The average Bonchev–Trinajstić information content (AvgIpc) is 3.48. The van der Waals surface area contributed by atoms with Gasteiger partial charge >= 0.3 is 11.9 Å². The lowest BCUT2D eigenvalue weighted by atomic mass is 9.68. The molecule has 1 aliphatic rings. The van der Waals surface area contributed by atoms with Crippen molar-refractivity contribution in [2.45, 2.75) is 44.9 Å². The van der Waals surface area contributed by atoms with Crippen LogP contribution in [0.25, 0.3) is 11.1 Å². The van der Waals surface area contributed by atoms with Gasteiger partial charge in [0.15, 0.2) is 0 Å². The van der Waals surface area contributed by atoms with Gasteiger partial charge in [-0.1, -0.05) is 86.0 Å². The van der Waals surface area contributed by atoms with Crippen molar-refractivity contribution in [3.63, 3.8) is 0 Å². The average molecular weight is 719 g/mol. The largest absolute Gasteiger partial charge is 0.494 e. The third kappa shape index (κ3) is 10.0. The van der Waals surface area contributed by atoms with E-state index >= 15 is 0 Å². The highest BCUT2D eigenvalue weighted by molar-refractivity contribution is 5.87. The predicted octanol–water partition coefficient (Wildman–Crippen LogP) is 8.64. The van der Waals surface area contributed by atoms with Gasteiger partial charge in [-0.3, -0.25) is 0 Å². The Morgan fingerprint density at radius 1 is 0.491 bits per heavy atom. The van der Waals surface area contributed by atoms with Gasteiger partial charge in [-0.2, -0.15) is 0 Å². The van der Waals surface area contributed by atoms with Crippen molar-refractivity contribution in [1.29, 1.82) is 0 Å². The normalized spacial score (nSPS) is 12.3. The van der Waals surface area contributed by atoms with Gasteiger partial charge in [0.1, 0.15) is 11.5 Å². The van der Waals surface area contributed by atoms with Crippen molar-refractivity contribution in [1.82, 2.24) is 0 Å². The molecule has 4 aromatic carbocycles. The Morgan fingerprint density at radius 2 is 0.849 bits per heavy atom. The topological polar surface area (TPSA) is 89.5 Å². The second kappa shape index (κ2) is 19.6. The van der Waals surface area contributed by atoms with Crippen LogP contribution in [0.4, 0.5) is 0 Å². The summed E-state index contributed by atoms with van der Waals surface area (Å²) in [4.78, 5) is 22.9. The molecule has 0 unspecified atom stereocenters. The summed E-state index contributed by atoms with van der Waals surface area (Å²) in [5.41, 5.74) is 7.50. The smallest absolute Gasteiger partial charge is 0.333 e. The van der Waals surface area contributed by atoms with Crippen LogP contribution in [0, 0.1) is 0 Å². The molecule has 0 aromatic heterocycles. The summed E-state index contributed by atoms with van der Waals surface area (Å²) in [6, 6.07) is 34.2. The SMILES string of the molecule is C=C(C)C(=O)OCCCOCCCOc1ccc(C2(c3ccc(OCCCOCCCOC(=O)C(=C)C)cc3)c3ccccc3-c3ccccc32)cc1. The maximum Gasteiger partial charge on any atom is 0.333 e. The molecule has 0 bridgehead atoms. The van der Waals surface area contributed by atoms with Gasteiger partial charge in [0.25, 0.3) is 0 Å². The number of esters is 2. The third-order valence-electron chi connectivity index (χ3n) is 8.96. The number of benzene rings is 4. The molecule has 5 rings (SSSR count). The van der Waals surface area contributed by atoms with Crippen molar-refractivity contribution in [3.8, 4) is 22.6 Å². The minimum absolute atomic E-state index is 0.319. The molecule has 0 amide bonds. The predicted molar refractivity (Wildman–Crippen MR) is 206 cm³/mol. The number of carbonyl (C=O) groups excluding carboxylic acids is 2. The van der Waals surface area contributed by atoms with Crippen LogP contribution in [-0.4, -0.2) is 64.8 Å². The molecule has 0 aliphatic heterocycles. The van der Waals surface area contributed by atoms with Gasteiger partial charge in [0.05, 0.1) is 31.8 Å². The molecule has 8 heteroatoms. The van der Waals surface area contributed by atoms with Crippen LogP contribution < -0.4 is 9.47 Å². The van der Waals surface area contributed by atoms with Crippen LogP contribution in [0.2, 0.25) is 0 Å². The second-order valence-corrected chi connectivity index (χ2v) is 13.1. The number of hydrogen-bond acceptors (Lipinski definition) is 8. The standard InChI is InChI=1S/C45H50O8/c1-33(2)43(46)52-31-11-27-48-25-9-29-50-37-21-17-35(18-22-37)45(41-15-7-5-13-39(41)40-14-6-8-16-42(40)45)36-19-23-38(24-20-36)51-30-10-26-49-28-12-32-53-44(47)34(3)4/h5-8,13-24H,1,3,9-12,25-32H2,2,4H3. The Morgan fingerprint density at radius 3 is 1.23 bits per heavy atom. The molecule has 4 aromatic rings. The van der Waals surface area contributed by atoms with Crippen molar-refractivity contribution in [2.75, 3.05) is 52.9 Å². The summed E-state index contributed by atoms with van der Waals surface area (Å²) >= 11 is 0. The van der Waals surface area contributed by atoms with E-state index in [0.717, 1.165) is 35.5 Å². The monoisotopic (exact) mass is 718 g/mol. The molecule has 1 aliphatic carbocycles. The van der Waals surface area contributed by atoms with Crippen LogP contribution in [0.1, 0.15) is 61.8 Å². The highest BCUT2D eigenvalue weighted by atomic mass is 16.5. The minimum Gasteiger partial charge on any atom is -0.494 e. The third-order valence-corrected chi connectivity index (χ3v) is 8.96. The molecule has 0 fully saturated rings. The van der Waals surface area contributed by atoms with Crippen molar-refractivity contribution in [3.05, 3.63) is 144 Å². The van der Waals surface area contributed by atoms with Crippen LogP contribution in [0.15, 0.2) is 121 Å². The van der Waals surface area contributed by atoms with Gasteiger partial charge in [-0.25, -0.2) is 9.59 Å². The molecule has 8 nitrogen and oxygen atoms in total. The molecule has 0 saturated heterocycles. The maximum absolute atomic E-state index is 11.5. The zero-order chi connectivity index (χ0) is 37.5. The van der Waals surface area contributed by atoms with E-state index in [-0.39, 0.29) is 11.9 Å². The first kappa shape index (κ1) is 39.0. The summed E-state index contributed by atoms with van der Waals surface area (Å²) < 4.78 is 33.7. The molecule has 0 saturated carbocycles. The number of hydrogen-bond donors (Lipinski definition) is 0. The highest BCUT2D eigenvalue weighted by Crippen LogP contribution is 2.56. The Bertz CT molecular complexity index is 1690. The van der Waals surface area contributed by atoms with E-state index in [4.69, 9.17) is 28.4 Å². The fourth-order valence-electron chi connectivity index (χ4n) is 6.43. The van der Waals surface area contributed by atoms with Crippen LogP contribution in [0.5, 0.6) is 11.5 Å². The Labute approximate surface area is 313 Å². The lowest BCUT2D eigenvalue weighted by Gasteiger charge is -2.34. The first-order chi connectivity index (χ1) is 25.8. The quantitative estimate of drug-likeness (QED) is 0.0399. The van der Waals surface area contributed by atoms with E-state index < -0.39 is 5.41 Å². The van der Waals surface area contributed by atoms with Gasteiger partial charge in [-0.05, 0) is 71.5 Å². The van der Waals surface area contributed by atoms with Crippen LogP contribution in [-0.2, 0) is 34.0 Å². The molecule has 0 heterocycles. The highest BCUT2D eigenvalue weighted by Gasteiger charge is 2.45. The van der Waals surface area contributed by atoms with E-state index in [1.54, 1.807) is 13.8 Å². The fraction of sp³-hybridized carbons (Fsp3) is 0.333. The summed E-state index contributed by atoms with van der Waals surface area (Å²) in [6.45, 7) is 14.3. The maximum atomic E-state index is 11.5. The van der Waals surface area contributed by atoms with E-state index in [1.807, 2.05) is 24.3 Å². The van der Waals surface area contributed by atoms with Crippen LogP contribution >= 0.6 is 0 Å². The lowest BCUT2D eigenvalue weighted by Crippen LogP contribution is -2.28. The number of carbonyl (C=O) groups is 2. The fourth-order valence-corrected chi connectivity index (χ4v) is 6.43. The molecular formula is C45H50O8. The number of ether oxygens (including phenoxy) is 6. The molecule has 0 radical (unpaired) electrons. The van der Waals surface area contributed by atoms with Gasteiger partial charge in [0.2, 0.25) is 0 Å². The van der Waals surface area contributed by atoms with Gasteiger partial charge in [-0.15, -0.1) is 0 Å². The molecule has 0 N–H and O–H groups in total. The summed E-state index contributed by atoms with van der Waals surface area (Å²) in [5, 5.41) is 0. The summed E-state index contributed by atoms with van der Waals surface area (Å²) in [6.07, 6.45) is 2.77. The van der Waals surface area contributed by atoms with E-state index in [9.17, 15) is 9.59 Å². The zero-order valence-corrected chi connectivity index (χ0v) is 30.9. The van der Waals surface area contributed by atoms with E-state index in [0.29, 0.717) is 76.8 Å². The van der Waals surface area contributed by atoms with Gasteiger partial charge in [0, 0.05) is 63.3 Å². The Kier molecular flexibility index (Phi) is 14.4. The minimum atomic E-state index is -0.524. The molecule has 0 spiro atoms. The van der Waals surface area contributed by atoms with Crippen molar-refractivity contribution >= 4 is 11.9 Å². The van der Waals surface area contributed by atoms with Crippen molar-refractivity contribution in [2.24, 2.45) is 0 Å². The Balaban J connectivity index is 1.19. The van der Waals surface area contributed by atoms with Crippen LogP contribution in [0.3, 0.4) is 0 Å². The zero-order valence-electron chi connectivity index (χ0n) is 30.9. The summed E-state index contributed by atoms with van der Waals surface area (Å²) in [7, 11) is 0. The summed E-state index contributed by atoms with van der Waals surface area (Å²) in [5.74, 6) is 0.858. The molecule has 0 atom stereocenters. The Hall–Kier alpha value is -5.18.